The summed E-state index contributed by atoms with van der Waals surface area (Å²) in [6.45, 7) is 2.31. The van der Waals surface area contributed by atoms with E-state index < -0.39 is 10.8 Å². The first-order valence-electron chi connectivity index (χ1n) is 6.95. The zero-order valence-corrected chi connectivity index (χ0v) is 12.4. The third kappa shape index (κ3) is 4.13. The van der Waals surface area contributed by atoms with E-state index in [1.807, 2.05) is 6.92 Å². The predicted molar refractivity (Wildman–Crippen MR) is 85.5 cm³/mol. The van der Waals surface area contributed by atoms with Crippen molar-refractivity contribution in [3.8, 4) is 0 Å². The van der Waals surface area contributed by atoms with Crippen LogP contribution in [0.1, 0.15) is 27.6 Å². The molecule has 0 spiro atoms. The van der Waals surface area contributed by atoms with Crippen molar-refractivity contribution in [2.24, 2.45) is 0 Å². The molecule has 23 heavy (non-hydrogen) atoms. The highest BCUT2D eigenvalue weighted by Crippen LogP contribution is 2.16. The maximum Gasteiger partial charge on any atom is 0.270 e. The molecule has 2 aromatic carbocycles. The number of nitro benzene ring substituents is 1. The molecule has 118 valence electrons. The summed E-state index contributed by atoms with van der Waals surface area (Å²) in [5.74, 6) is -0.722. The molecule has 2 N–H and O–H groups in total. The number of nitrogens with zero attached hydrogens (tertiary/aromatic N) is 1. The van der Waals surface area contributed by atoms with Gasteiger partial charge in [0.25, 0.3) is 17.5 Å². The summed E-state index contributed by atoms with van der Waals surface area (Å²) in [5, 5.41) is 16.0. The van der Waals surface area contributed by atoms with E-state index in [0.717, 1.165) is 0 Å². The molecule has 0 radical (unpaired) electrons. The molecule has 0 aromatic heterocycles. The summed E-state index contributed by atoms with van der Waals surface area (Å²) < 4.78 is 0. The standard InChI is InChI=1S/C16H15N3O4/c1-2-17-15(20)11-5-3-7-13(9-11)18-16(21)12-6-4-8-14(10-12)19(22)23/h3-10H,2H2,1H3,(H,17,20)(H,18,21). The fourth-order valence-electron chi connectivity index (χ4n) is 1.96. The number of anilines is 1. The summed E-state index contributed by atoms with van der Waals surface area (Å²) in [5.41, 5.74) is 0.866. The van der Waals surface area contributed by atoms with E-state index in [9.17, 15) is 19.7 Å². The van der Waals surface area contributed by atoms with Crippen LogP contribution in [-0.2, 0) is 0 Å². The quantitative estimate of drug-likeness (QED) is 0.654. The lowest BCUT2D eigenvalue weighted by Crippen LogP contribution is -2.22. The summed E-state index contributed by atoms with van der Waals surface area (Å²) in [7, 11) is 0. The minimum atomic E-state index is -0.563. The predicted octanol–water partition coefficient (Wildman–Crippen LogP) is 2.60. The molecule has 0 fully saturated rings. The first-order chi connectivity index (χ1) is 11.0. The van der Waals surface area contributed by atoms with Gasteiger partial charge < -0.3 is 10.6 Å². The van der Waals surface area contributed by atoms with E-state index in [1.165, 1.54) is 24.3 Å². The molecular formula is C16H15N3O4. The molecule has 0 bridgehead atoms. The first-order valence-corrected chi connectivity index (χ1v) is 6.95. The molecule has 0 saturated heterocycles. The third-order valence-electron chi connectivity index (χ3n) is 3.04. The van der Waals surface area contributed by atoms with Crippen LogP contribution in [0.5, 0.6) is 0 Å². The largest absolute Gasteiger partial charge is 0.352 e. The molecule has 0 aliphatic carbocycles. The van der Waals surface area contributed by atoms with E-state index in [4.69, 9.17) is 0 Å². The average molecular weight is 313 g/mol. The molecule has 0 aliphatic rings. The Balaban J connectivity index is 2.17. The molecule has 7 nitrogen and oxygen atoms in total. The molecule has 2 rings (SSSR count). The summed E-state index contributed by atoms with van der Waals surface area (Å²) in [6, 6.07) is 11.9. The molecule has 0 atom stereocenters. The van der Waals surface area contributed by atoms with Gasteiger partial charge in [-0.25, -0.2) is 0 Å². The highest BCUT2D eigenvalue weighted by molar-refractivity contribution is 6.05. The average Bonchev–Trinajstić information content (AvgIpc) is 2.55. The van der Waals surface area contributed by atoms with Crippen molar-refractivity contribution in [2.75, 3.05) is 11.9 Å². The van der Waals surface area contributed by atoms with Crippen LogP contribution in [0.25, 0.3) is 0 Å². The number of hydrogen-bond donors (Lipinski definition) is 2. The minimum Gasteiger partial charge on any atom is -0.352 e. The first kappa shape index (κ1) is 16.2. The second-order valence-electron chi connectivity index (χ2n) is 4.70. The molecular weight excluding hydrogens is 298 g/mol. The Morgan fingerprint density at radius 2 is 1.70 bits per heavy atom. The Hall–Kier alpha value is -3.22. The van der Waals surface area contributed by atoms with Gasteiger partial charge in [-0.3, -0.25) is 19.7 Å². The zero-order chi connectivity index (χ0) is 16.8. The Bertz CT molecular complexity index is 758. The van der Waals surface area contributed by atoms with Crippen molar-refractivity contribution in [1.82, 2.24) is 5.32 Å². The van der Waals surface area contributed by atoms with Gasteiger partial charge in [0.2, 0.25) is 0 Å². The van der Waals surface area contributed by atoms with Gasteiger partial charge >= 0.3 is 0 Å². The van der Waals surface area contributed by atoms with E-state index in [-0.39, 0.29) is 17.2 Å². The fourth-order valence-corrected chi connectivity index (χ4v) is 1.96. The normalized spacial score (nSPS) is 9.96. The number of nitro groups is 1. The van der Waals surface area contributed by atoms with Crippen LogP contribution < -0.4 is 10.6 Å². The number of non-ortho nitro benzene ring substituents is 1. The Morgan fingerprint density at radius 1 is 1.04 bits per heavy atom. The van der Waals surface area contributed by atoms with Gasteiger partial charge in [0.05, 0.1) is 4.92 Å². The van der Waals surface area contributed by atoms with Gasteiger partial charge in [-0.05, 0) is 31.2 Å². The van der Waals surface area contributed by atoms with Gasteiger partial charge in [0.1, 0.15) is 0 Å². The minimum absolute atomic E-state index is 0.159. The van der Waals surface area contributed by atoms with E-state index >= 15 is 0 Å². The lowest BCUT2D eigenvalue weighted by Gasteiger charge is -2.07. The third-order valence-corrected chi connectivity index (χ3v) is 3.04. The lowest BCUT2D eigenvalue weighted by molar-refractivity contribution is -0.384. The maximum atomic E-state index is 12.2. The summed E-state index contributed by atoms with van der Waals surface area (Å²) >= 11 is 0. The number of nitrogens with one attached hydrogen (secondary N) is 2. The van der Waals surface area contributed by atoms with Crippen LogP contribution in [0.3, 0.4) is 0 Å². The second-order valence-corrected chi connectivity index (χ2v) is 4.70. The van der Waals surface area contributed by atoms with Crippen LogP contribution in [0, 0.1) is 10.1 Å². The summed E-state index contributed by atoms with van der Waals surface area (Å²) in [6.07, 6.45) is 0. The molecule has 0 heterocycles. The van der Waals surface area contributed by atoms with Gasteiger partial charge in [-0.15, -0.1) is 0 Å². The highest BCUT2D eigenvalue weighted by Gasteiger charge is 2.12. The van der Waals surface area contributed by atoms with Crippen LogP contribution in [0.15, 0.2) is 48.5 Å². The molecule has 0 aliphatic heterocycles. The van der Waals surface area contributed by atoms with Crippen molar-refractivity contribution < 1.29 is 14.5 Å². The van der Waals surface area contributed by atoms with Crippen molar-refractivity contribution >= 4 is 23.2 Å². The van der Waals surface area contributed by atoms with Crippen molar-refractivity contribution in [3.63, 3.8) is 0 Å². The van der Waals surface area contributed by atoms with Crippen LogP contribution in [0.4, 0.5) is 11.4 Å². The molecule has 0 saturated carbocycles. The highest BCUT2D eigenvalue weighted by atomic mass is 16.6. The number of benzene rings is 2. The maximum absolute atomic E-state index is 12.2. The van der Waals surface area contributed by atoms with Gasteiger partial charge in [0.15, 0.2) is 0 Å². The Kier molecular flexibility index (Phi) is 5.03. The van der Waals surface area contributed by atoms with Crippen molar-refractivity contribution in [3.05, 3.63) is 69.8 Å². The van der Waals surface area contributed by atoms with E-state index in [0.29, 0.717) is 17.8 Å². The second kappa shape index (κ2) is 7.17. The Morgan fingerprint density at radius 3 is 2.35 bits per heavy atom. The van der Waals surface area contributed by atoms with Gasteiger partial charge in [0, 0.05) is 35.5 Å². The van der Waals surface area contributed by atoms with Crippen LogP contribution in [-0.4, -0.2) is 23.3 Å². The van der Waals surface area contributed by atoms with Crippen molar-refractivity contribution in [2.45, 2.75) is 6.92 Å². The smallest absolute Gasteiger partial charge is 0.270 e. The lowest BCUT2D eigenvalue weighted by atomic mass is 10.1. The molecule has 7 heteroatoms. The van der Waals surface area contributed by atoms with Crippen LogP contribution in [0.2, 0.25) is 0 Å². The van der Waals surface area contributed by atoms with Gasteiger partial charge in [-0.1, -0.05) is 12.1 Å². The van der Waals surface area contributed by atoms with E-state index in [1.54, 1.807) is 24.3 Å². The van der Waals surface area contributed by atoms with Crippen molar-refractivity contribution in [1.29, 1.82) is 0 Å². The topological polar surface area (TPSA) is 101 Å². The zero-order valence-electron chi connectivity index (χ0n) is 12.4. The summed E-state index contributed by atoms with van der Waals surface area (Å²) in [4.78, 5) is 34.1. The van der Waals surface area contributed by atoms with E-state index in [2.05, 4.69) is 10.6 Å². The molecule has 0 unspecified atom stereocenters. The SMILES string of the molecule is CCNC(=O)c1cccc(NC(=O)c2cccc([N+](=O)[O-])c2)c1. The number of rotatable bonds is 5. The van der Waals surface area contributed by atoms with Gasteiger partial charge in [-0.2, -0.15) is 0 Å². The number of amides is 2. The fraction of sp³-hybridized carbons (Fsp3) is 0.125. The molecule has 2 amide bonds. The Labute approximate surface area is 132 Å². The monoisotopic (exact) mass is 313 g/mol. The number of hydrogen-bond acceptors (Lipinski definition) is 4. The molecule has 2 aromatic rings. The van der Waals surface area contributed by atoms with Crippen LogP contribution >= 0.6 is 0 Å². The number of carbonyl (C=O) groups excluding carboxylic acids is 2. The number of carbonyl (C=O) groups is 2.